The van der Waals surface area contributed by atoms with Gasteiger partial charge in [0.25, 0.3) is 5.91 Å². The highest BCUT2D eigenvalue weighted by Gasteiger charge is 2.37. The number of carbonyl (C=O) groups excluding carboxylic acids is 3. The van der Waals surface area contributed by atoms with E-state index >= 15 is 0 Å². The maximum atomic E-state index is 12.3. The summed E-state index contributed by atoms with van der Waals surface area (Å²) in [5.74, 6) is -2.01. The van der Waals surface area contributed by atoms with E-state index in [9.17, 15) is 14.4 Å². The van der Waals surface area contributed by atoms with Crippen molar-refractivity contribution in [2.45, 2.75) is 13.3 Å². The summed E-state index contributed by atoms with van der Waals surface area (Å²) in [6.07, 6.45) is -0.0186. The third kappa shape index (κ3) is 5.10. The van der Waals surface area contributed by atoms with Crippen molar-refractivity contribution in [1.82, 2.24) is 0 Å². The summed E-state index contributed by atoms with van der Waals surface area (Å²) < 4.78 is 6.03. The van der Waals surface area contributed by atoms with Crippen LogP contribution in [0.25, 0.3) is 0 Å². The van der Waals surface area contributed by atoms with E-state index < -0.39 is 24.4 Å². The minimum atomic E-state index is -0.680. The average Bonchev–Trinajstić information content (AvgIpc) is 3.06. The first kappa shape index (κ1) is 21.6. The van der Waals surface area contributed by atoms with Crippen LogP contribution in [0.1, 0.15) is 12.0 Å². The van der Waals surface area contributed by atoms with Crippen molar-refractivity contribution < 1.29 is 19.1 Å². The van der Waals surface area contributed by atoms with Crippen molar-refractivity contribution in [3.05, 3.63) is 56.5 Å². The zero-order valence-corrected chi connectivity index (χ0v) is 18.5. The minimum absolute atomic E-state index is 0.0186. The van der Waals surface area contributed by atoms with Gasteiger partial charge in [-0.15, -0.1) is 0 Å². The molecule has 0 aliphatic carbocycles. The number of hydrogen-bond acceptors (Lipinski definition) is 4. The highest BCUT2D eigenvalue weighted by molar-refractivity contribution is 9.10. The molecule has 1 aliphatic heterocycles. The number of nitrogens with one attached hydrogen (secondary N) is 1. The number of carbonyl (C=O) groups is 3. The number of hydrogen-bond donors (Lipinski definition) is 1. The molecular weight excluding hydrogens is 483 g/mol. The Morgan fingerprint density at radius 1 is 1.28 bits per heavy atom. The van der Waals surface area contributed by atoms with E-state index in [1.165, 1.54) is 4.90 Å². The summed E-state index contributed by atoms with van der Waals surface area (Å²) in [5.41, 5.74) is 2.01. The van der Waals surface area contributed by atoms with E-state index in [0.29, 0.717) is 16.4 Å². The van der Waals surface area contributed by atoms with Gasteiger partial charge in [0.15, 0.2) is 6.61 Å². The van der Waals surface area contributed by atoms with Gasteiger partial charge in [0, 0.05) is 23.1 Å². The van der Waals surface area contributed by atoms with Crippen LogP contribution in [-0.2, 0) is 19.1 Å². The Kier molecular flexibility index (Phi) is 6.82. The summed E-state index contributed by atoms with van der Waals surface area (Å²) in [6.45, 7) is 1.58. The van der Waals surface area contributed by atoms with Gasteiger partial charge < -0.3 is 15.0 Å². The van der Waals surface area contributed by atoms with E-state index in [4.69, 9.17) is 27.9 Å². The molecular formula is C20H17BrCl2N2O4. The summed E-state index contributed by atoms with van der Waals surface area (Å²) >= 11 is 15.6. The zero-order valence-electron chi connectivity index (χ0n) is 15.4. The Labute approximate surface area is 186 Å². The smallest absolute Gasteiger partial charge is 0.311 e. The molecule has 0 spiro atoms. The number of rotatable bonds is 5. The summed E-state index contributed by atoms with van der Waals surface area (Å²) in [6, 6.07) is 10.3. The van der Waals surface area contributed by atoms with Crippen molar-refractivity contribution in [2.75, 3.05) is 23.4 Å². The molecule has 0 radical (unpaired) electrons. The van der Waals surface area contributed by atoms with Crippen LogP contribution in [0.4, 0.5) is 11.4 Å². The number of aryl methyl sites for hydroxylation is 1. The molecule has 3 rings (SSSR count). The van der Waals surface area contributed by atoms with E-state index in [2.05, 4.69) is 21.2 Å². The Bertz CT molecular complexity index is 983. The fourth-order valence-electron chi connectivity index (χ4n) is 2.97. The third-order valence-corrected chi connectivity index (χ3v) is 6.17. The van der Waals surface area contributed by atoms with Gasteiger partial charge in [0.2, 0.25) is 5.91 Å². The standard InChI is InChI=1S/C20H17BrCl2N2O4/c1-11-7-13(5-6-14(11)21)24-17(26)10-29-20(28)12-8-18(27)25(9-12)16-4-2-3-15(22)19(16)23/h2-7,12H,8-10H2,1H3,(H,24,26)/t12-/m0/s1. The topological polar surface area (TPSA) is 75.7 Å². The molecule has 1 aliphatic rings. The number of benzene rings is 2. The number of anilines is 2. The maximum Gasteiger partial charge on any atom is 0.311 e. The predicted molar refractivity (Wildman–Crippen MR) is 115 cm³/mol. The second-order valence-electron chi connectivity index (χ2n) is 6.60. The third-order valence-electron chi connectivity index (χ3n) is 4.47. The molecule has 2 aromatic carbocycles. The van der Waals surface area contributed by atoms with Crippen LogP contribution >= 0.6 is 39.1 Å². The van der Waals surface area contributed by atoms with Gasteiger partial charge in [-0.1, -0.05) is 45.2 Å². The van der Waals surface area contributed by atoms with Gasteiger partial charge in [0.1, 0.15) is 0 Å². The SMILES string of the molecule is Cc1cc(NC(=O)COC(=O)[C@H]2CC(=O)N(c3cccc(Cl)c3Cl)C2)ccc1Br. The molecule has 2 aromatic rings. The van der Waals surface area contributed by atoms with Crippen LogP contribution in [0.5, 0.6) is 0 Å². The first-order valence-electron chi connectivity index (χ1n) is 8.73. The molecule has 1 heterocycles. The van der Waals surface area contributed by atoms with Crippen LogP contribution in [0.2, 0.25) is 10.0 Å². The highest BCUT2D eigenvalue weighted by Crippen LogP contribution is 2.35. The number of nitrogens with zero attached hydrogens (tertiary/aromatic N) is 1. The van der Waals surface area contributed by atoms with Crippen molar-refractivity contribution in [2.24, 2.45) is 5.92 Å². The van der Waals surface area contributed by atoms with Crippen LogP contribution in [0.3, 0.4) is 0 Å². The van der Waals surface area contributed by atoms with Crippen molar-refractivity contribution >= 4 is 68.3 Å². The number of ether oxygens (including phenoxy) is 1. The molecule has 1 atom stereocenters. The fraction of sp³-hybridized carbons (Fsp3) is 0.250. The normalized spacial score (nSPS) is 16.1. The molecule has 0 saturated carbocycles. The molecule has 9 heteroatoms. The summed E-state index contributed by atoms with van der Waals surface area (Å²) in [5, 5.41) is 3.24. The Hall–Kier alpha value is -2.09. The predicted octanol–water partition coefficient (Wildman–Crippen LogP) is 4.60. The molecule has 1 fully saturated rings. The zero-order chi connectivity index (χ0) is 21.1. The minimum Gasteiger partial charge on any atom is -0.455 e. The van der Waals surface area contributed by atoms with E-state index in [-0.39, 0.29) is 23.9 Å². The molecule has 29 heavy (non-hydrogen) atoms. The van der Waals surface area contributed by atoms with Crippen LogP contribution in [0.15, 0.2) is 40.9 Å². The molecule has 152 valence electrons. The van der Waals surface area contributed by atoms with Crippen LogP contribution < -0.4 is 10.2 Å². The largest absolute Gasteiger partial charge is 0.455 e. The fourth-order valence-corrected chi connectivity index (χ4v) is 3.62. The van der Waals surface area contributed by atoms with Gasteiger partial charge >= 0.3 is 5.97 Å². The van der Waals surface area contributed by atoms with Gasteiger partial charge in [-0.05, 0) is 42.8 Å². The summed E-state index contributed by atoms with van der Waals surface area (Å²) in [4.78, 5) is 38.1. The van der Waals surface area contributed by atoms with E-state index in [1.54, 1.807) is 30.3 Å². The first-order valence-corrected chi connectivity index (χ1v) is 10.3. The lowest BCUT2D eigenvalue weighted by Crippen LogP contribution is -2.28. The molecule has 0 bridgehead atoms. The lowest BCUT2D eigenvalue weighted by Gasteiger charge is -2.18. The molecule has 0 unspecified atom stereocenters. The summed E-state index contributed by atoms with van der Waals surface area (Å²) in [7, 11) is 0. The Morgan fingerprint density at radius 3 is 2.76 bits per heavy atom. The second-order valence-corrected chi connectivity index (χ2v) is 8.24. The molecule has 1 saturated heterocycles. The van der Waals surface area contributed by atoms with Crippen molar-refractivity contribution in [3.8, 4) is 0 Å². The van der Waals surface area contributed by atoms with Gasteiger partial charge in [-0.2, -0.15) is 0 Å². The van der Waals surface area contributed by atoms with Gasteiger partial charge in [-0.25, -0.2) is 0 Å². The van der Waals surface area contributed by atoms with Crippen molar-refractivity contribution in [3.63, 3.8) is 0 Å². The lowest BCUT2D eigenvalue weighted by molar-refractivity contribution is -0.151. The van der Waals surface area contributed by atoms with Crippen molar-refractivity contribution in [1.29, 1.82) is 0 Å². The maximum absolute atomic E-state index is 12.3. The van der Waals surface area contributed by atoms with Gasteiger partial charge in [-0.3, -0.25) is 14.4 Å². The molecule has 1 N–H and O–H groups in total. The van der Waals surface area contributed by atoms with E-state index in [0.717, 1.165) is 10.0 Å². The molecule has 2 amide bonds. The molecule has 6 nitrogen and oxygen atoms in total. The number of esters is 1. The van der Waals surface area contributed by atoms with Crippen LogP contribution in [0, 0.1) is 12.8 Å². The monoisotopic (exact) mass is 498 g/mol. The number of halogens is 3. The number of amides is 2. The highest BCUT2D eigenvalue weighted by atomic mass is 79.9. The van der Waals surface area contributed by atoms with Gasteiger partial charge in [0.05, 0.1) is 21.7 Å². The van der Waals surface area contributed by atoms with Crippen LogP contribution in [-0.4, -0.2) is 30.9 Å². The lowest BCUT2D eigenvalue weighted by atomic mass is 10.1. The quantitative estimate of drug-likeness (QED) is 0.610. The second kappa shape index (κ2) is 9.15. The molecule has 0 aromatic heterocycles. The average molecular weight is 500 g/mol. The Balaban J connectivity index is 1.56. The van der Waals surface area contributed by atoms with E-state index in [1.807, 2.05) is 13.0 Å². The first-order chi connectivity index (χ1) is 13.8. The Morgan fingerprint density at radius 2 is 2.03 bits per heavy atom.